The summed E-state index contributed by atoms with van der Waals surface area (Å²) in [6, 6.07) is -0.546. The molecule has 1 unspecified atom stereocenters. The standard InChI is InChI=1S/C11H22N2O3S/c1-9(14)13-10(8-17)11(15)12-6-4-3-5-7-16-2/h10,17H,3-8H2,1-2H3,(H,12,15)(H,13,14). The third kappa shape index (κ3) is 9.00. The fourth-order valence-corrected chi connectivity index (χ4v) is 1.58. The minimum Gasteiger partial charge on any atom is -0.385 e. The number of methoxy groups -OCH3 is 1. The summed E-state index contributed by atoms with van der Waals surface area (Å²) in [6.07, 6.45) is 2.92. The van der Waals surface area contributed by atoms with Crippen molar-refractivity contribution in [2.75, 3.05) is 26.0 Å². The van der Waals surface area contributed by atoms with E-state index in [1.807, 2.05) is 0 Å². The van der Waals surface area contributed by atoms with E-state index in [1.165, 1.54) is 6.92 Å². The van der Waals surface area contributed by atoms with E-state index in [0.717, 1.165) is 25.9 Å². The molecule has 0 aliphatic carbocycles. The highest BCUT2D eigenvalue weighted by Crippen LogP contribution is 1.95. The van der Waals surface area contributed by atoms with Crippen LogP contribution in [0, 0.1) is 0 Å². The topological polar surface area (TPSA) is 67.4 Å². The van der Waals surface area contributed by atoms with Gasteiger partial charge in [0, 0.05) is 32.9 Å². The maximum Gasteiger partial charge on any atom is 0.243 e. The Kier molecular flexibility index (Phi) is 9.95. The second-order valence-electron chi connectivity index (χ2n) is 3.78. The van der Waals surface area contributed by atoms with Crippen molar-refractivity contribution in [3.05, 3.63) is 0 Å². The molecule has 17 heavy (non-hydrogen) atoms. The van der Waals surface area contributed by atoms with Gasteiger partial charge in [0.25, 0.3) is 0 Å². The van der Waals surface area contributed by atoms with Crippen LogP contribution in [0.15, 0.2) is 0 Å². The molecule has 0 rings (SSSR count). The largest absolute Gasteiger partial charge is 0.385 e. The van der Waals surface area contributed by atoms with Crippen molar-refractivity contribution in [2.24, 2.45) is 0 Å². The van der Waals surface area contributed by atoms with E-state index in [4.69, 9.17) is 4.74 Å². The van der Waals surface area contributed by atoms with Gasteiger partial charge in [-0.25, -0.2) is 0 Å². The van der Waals surface area contributed by atoms with Crippen molar-refractivity contribution in [1.29, 1.82) is 0 Å². The molecule has 0 aliphatic rings. The molecule has 2 amide bonds. The molecule has 0 spiro atoms. The van der Waals surface area contributed by atoms with Crippen molar-refractivity contribution in [1.82, 2.24) is 10.6 Å². The fourth-order valence-electron chi connectivity index (χ4n) is 1.32. The van der Waals surface area contributed by atoms with E-state index in [-0.39, 0.29) is 11.8 Å². The number of unbranched alkanes of at least 4 members (excludes halogenated alkanes) is 2. The minimum atomic E-state index is -0.546. The van der Waals surface area contributed by atoms with E-state index >= 15 is 0 Å². The number of ether oxygens (including phenoxy) is 1. The van der Waals surface area contributed by atoms with Gasteiger partial charge in [0.15, 0.2) is 0 Å². The SMILES string of the molecule is COCCCCCNC(=O)C(CS)NC(C)=O. The molecule has 1 atom stereocenters. The number of hydrogen-bond acceptors (Lipinski definition) is 4. The molecule has 0 heterocycles. The second kappa shape index (κ2) is 10.4. The molecule has 0 aromatic rings. The molecule has 0 aromatic carbocycles. The third-order valence-corrected chi connectivity index (χ3v) is 2.57. The lowest BCUT2D eigenvalue weighted by molar-refractivity contribution is -0.127. The summed E-state index contributed by atoms with van der Waals surface area (Å²) in [5.74, 6) is -0.101. The zero-order valence-corrected chi connectivity index (χ0v) is 11.4. The van der Waals surface area contributed by atoms with E-state index in [9.17, 15) is 9.59 Å². The first-order valence-electron chi connectivity index (χ1n) is 5.76. The first-order valence-corrected chi connectivity index (χ1v) is 6.39. The molecule has 5 nitrogen and oxygen atoms in total. The van der Waals surface area contributed by atoms with Gasteiger partial charge in [0.05, 0.1) is 0 Å². The molecule has 0 aliphatic heterocycles. The summed E-state index contributed by atoms with van der Waals surface area (Å²) in [7, 11) is 1.67. The van der Waals surface area contributed by atoms with Gasteiger partial charge < -0.3 is 15.4 Å². The summed E-state index contributed by atoms with van der Waals surface area (Å²) >= 11 is 4.03. The molecule has 0 saturated heterocycles. The molecule has 0 aromatic heterocycles. The van der Waals surface area contributed by atoms with Gasteiger partial charge in [-0.1, -0.05) is 0 Å². The zero-order chi connectivity index (χ0) is 13.1. The van der Waals surface area contributed by atoms with Crippen LogP contribution >= 0.6 is 12.6 Å². The molecule has 0 fully saturated rings. The zero-order valence-electron chi connectivity index (χ0n) is 10.5. The van der Waals surface area contributed by atoms with Crippen LogP contribution in [0.25, 0.3) is 0 Å². The summed E-state index contributed by atoms with van der Waals surface area (Å²) in [5.41, 5.74) is 0. The average Bonchev–Trinajstić information content (AvgIpc) is 2.30. The third-order valence-electron chi connectivity index (χ3n) is 2.20. The Morgan fingerprint density at radius 3 is 2.53 bits per heavy atom. The van der Waals surface area contributed by atoms with E-state index in [2.05, 4.69) is 23.3 Å². The first kappa shape index (κ1) is 16.2. The molecular weight excluding hydrogens is 240 g/mol. The lowest BCUT2D eigenvalue weighted by Gasteiger charge is -2.15. The summed E-state index contributed by atoms with van der Waals surface area (Å²) < 4.78 is 4.92. The van der Waals surface area contributed by atoms with Crippen LogP contribution in [0.5, 0.6) is 0 Å². The molecule has 0 saturated carbocycles. The molecule has 0 bridgehead atoms. The molecular formula is C11H22N2O3S. The van der Waals surface area contributed by atoms with Crippen molar-refractivity contribution < 1.29 is 14.3 Å². The summed E-state index contributed by atoms with van der Waals surface area (Å²) in [5, 5.41) is 5.32. The van der Waals surface area contributed by atoms with Crippen LogP contribution in [0.2, 0.25) is 0 Å². The lowest BCUT2D eigenvalue weighted by Crippen LogP contribution is -2.47. The summed E-state index contributed by atoms with van der Waals surface area (Å²) in [4.78, 5) is 22.4. The van der Waals surface area contributed by atoms with Crippen LogP contribution < -0.4 is 10.6 Å². The van der Waals surface area contributed by atoms with Crippen molar-refractivity contribution in [3.8, 4) is 0 Å². The van der Waals surface area contributed by atoms with Crippen LogP contribution in [0.4, 0.5) is 0 Å². The Hall–Kier alpha value is -0.750. The number of amides is 2. The first-order chi connectivity index (χ1) is 8.11. The van der Waals surface area contributed by atoms with E-state index in [1.54, 1.807) is 7.11 Å². The van der Waals surface area contributed by atoms with Crippen molar-refractivity contribution in [2.45, 2.75) is 32.2 Å². The van der Waals surface area contributed by atoms with Gasteiger partial charge in [-0.05, 0) is 19.3 Å². The predicted octanol–water partition coefficient (Wildman–Crippen LogP) is 0.354. The van der Waals surface area contributed by atoms with Crippen LogP contribution in [0.3, 0.4) is 0 Å². The van der Waals surface area contributed by atoms with Gasteiger partial charge in [0.2, 0.25) is 11.8 Å². The van der Waals surface area contributed by atoms with E-state index < -0.39 is 6.04 Å². The number of nitrogens with one attached hydrogen (secondary N) is 2. The van der Waals surface area contributed by atoms with Crippen LogP contribution in [0.1, 0.15) is 26.2 Å². The van der Waals surface area contributed by atoms with Crippen LogP contribution in [-0.4, -0.2) is 43.9 Å². The average molecular weight is 262 g/mol. The van der Waals surface area contributed by atoms with Crippen LogP contribution in [-0.2, 0) is 14.3 Å². The van der Waals surface area contributed by atoms with Gasteiger partial charge in [-0.2, -0.15) is 12.6 Å². The Labute approximate surface area is 108 Å². The maximum atomic E-state index is 11.6. The maximum absolute atomic E-state index is 11.6. The monoisotopic (exact) mass is 262 g/mol. The van der Waals surface area contributed by atoms with Crippen molar-refractivity contribution in [3.63, 3.8) is 0 Å². The lowest BCUT2D eigenvalue weighted by atomic mass is 10.2. The smallest absolute Gasteiger partial charge is 0.243 e. The predicted molar refractivity (Wildman–Crippen MR) is 70.2 cm³/mol. The highest BCUT2D eigenvalue weighted by molar-refractivity contribution is 7.80. The molecule has 100 valence electrons. The molecule has 2 N–H and O–H groups in total. The number of hydrogen-bond donors (Lipinski definition) is 3. The van der Waals surface area contributed by atoms with E-state index in [0.29, 0.717) is 12.3 Å². The molecule has 0 radical (unpaired) electrons. The molecule has 6 heteroatoms. The van der Waals surface area contributed by atoms with Gasteiger partial charge in [-0.3, -0.25) is 9.59 Å². The number of carbonyl (C=O) groups excluding carboxylic acids is 2. The van der Waals surface area contributed by atoms with Crippen molar-refractivity contribution >= 4 is 24.4 Å². The second-order valence-corrected chi connectivity index (χ2v) is 4.15. The number of rotatable bonds is 9. The highest BCUT2D eigenvalue weighted by Gasteiger charge is 2.16. The Bertz CT molecular complexity index is 237. The van der Waals surface area contributed by atoms with Gasteiger partial charge in [-0.15, -0.1) is 0 Å². The Morgan fingerprint density at radius 1 is 1.29 bits per heavy atom. The Balaban J connectivity index is 3.64. The van der Waals surface area contributed by atoms with Gasteiger partial charge >= 0.3 is 0 Å². The normalized spacial score (nSPS) is 11.9. The minimum absolute atomic E-state index is 0.179. The quantitative estimate of drug-likeness (QED) is 0.415. The Morgan fingerprint density at radius 2 is 2.00 bits per heavy atom. The number of thiol groups is 1. The summed E-state index contributed by atoms with van der Waals surface area (Å²) in [6.45, 7) is 2.75. The van der Waals surface area contributed by atoms with Gasteiger partial charge in [0.1, 0.15) is 6.04 Å². The fraction of sp³-hybridized carbons (Fsp3) is 0.818. The highest BCUT2D eigenvalue weighted by atomic mass is 32.1. The number of carbonyl (C=O) groups is 2.